The van der Waals surface area contributed by atoms with Crippen LogP contribution in [0.2, 0.25) is 0 Å². The quantitative estimate of drug-likeness (QED) is 0.474. The highest BCUT2D eigenvalue weighted by Gasteiger charge is 2.26. The minimum atomic E-state index is -1.96. The zero-order valence-corrected chi connectivity index (χ0v) is 13.9. The number of hydrogen-bond donors (Lipinski definition) is 4. The van der Waals surface area contributed by atoms with Crippen LogP contribution in [-0.2, 0) is 22.9 Å². The Hall–Kier alpha value is -1.57. The number of benzene rings is 2. The Morgan fingerprint density at radius 2 is 1.83 bits per heavy atom. The zero-order valence-electron chi connectivity index (χ0n) is 13.1. The molecule has 0 spiro atoms. The van der Waals surface area contributed by atoms with Gasteiger partial charge >= 0.3 is 0 Å². The maximum atomic E-state index is 11.0. The monoisotopic (exact) mass is 333 g/mol. The first-order valence-corrected chi connectivity index (χ1v) is 8.48. The summed E-state index contributed by atoms with van der Waals surface area (Å²) >= 11 is -1.96. The van der Waals surface area contributed by atoms with E-state index in [9.17, 15) is 4.21 Å². The molecule has 2 unspecified atom stereocenters. The molecule has 7 N–H and O–H groups in total. The van der Waals surface area contributed by atoms with Crippen molar-refractivity contribution in [3.8, 4) is 0 Å². The van der Waals surface area contributed by atoms with Gasteiger partial charge < -0.3 is 21.8 Å². The minimum Gasteiger partial charge on any atom is -0.330 e. The smallest absolute Gasteiger partial charge is 0.186 e. The van der Waals surface area contributed by atoms with Crippen LogP contribution in [-0.4, -0.2) is 15.3 Å². The third-order valence-corrected chi connectivity index (χ3v) is 4.81. The molecule has 2 atom stereocenters. The summed E-state index contributed by atoms with van der Waals surface area (Å²) in [5.74, 6) is 0. The molecular weight excluding hydrogens is 310 g/mol. The van der Waals surface area contributed by atoms with E-state index in [0.717, 1.165) is 16.7 Å². The van der Waals surface area contributed by atoms with E-state index in [1.807, 2.05) is 36.4 Å². The van der Waals surface area contributed by atoms with E-state index < -0.39 is 17.2 Å². The predicted octanol–water partition coefficient (Wildman–Crippen LogP) is 1.64. The number of hydrogen-bond acceptors (Lipinski definition) is 4. The Morgan fingerprint density at radius 1 is 1.17 bits per heavy atom. The van der Waals surface area contributed by atoms with Gasteiger partial charge in [0.05, 0.1) is 11.1 Å². The maximum absolute atomic E-state index is 11.0. The third kappa shape index (κ3) is 4.25. The fourth-order valence-corrected chi connectivity index (χ4v) is 2.96. The van der Waals surface area contributed by atoms with Gasteiger partial charge in [0, 0.05) is 12.0 Å². The van der Waals surface area contributed by atoms with Crippen LogP contribution in [0.25, 0.3) is 0 Å². The second-order valence-electron chi connectivity index (χ2n) is 5.99. The largest absolute Gasteiger partial charge is 0.330 e. The SMILES string of the molecule is CC(CN)(Cc1ccc(S(=O)O)cc1)c1cccc(C(N)N)c1. The van der Waals surface area contributed by atoms with Gasteiger partial charge in [-0.05, 0) is 35.2 Å². The zero-order chi connectivity index (χ0) is 17.0. The van der Waals surface area contributed by atoms with Crippen molar-refractivity contribution < 1.29 is 8.76 Å². The summed E-state index contributed by atoms with van der Waals surface area (Å²) in [4.78, 5) is 0.388. The standard InChI is InChI=1S/C17H23N3O2S/c1-17(11-18,14-4-2-3-13(9-14)16(19)20)10-12-5-7-15(8-6-12)23(21)22/h2-9,16H,10-11,18-20H2,1H3,(H,21,22). The lowest BCUT2D eigenvalue weighted by molar-refractivity contribution is 0.480. The predicted molar refractivity (Wildman–Crippen MR) is 93.1 cm³/mol. The van der Waals surface area contributed by atoms with Gasteiger partial charge in [-0.15, -0.1) is 0 Å². The molecule has 2 rings (SSSR count). The Kier molecular flexibility index (Phi) is 5.67. The van der Waals surface area contributed by atoms with E-state index in [1.54, 1.807) is 12.1 Å². The van der Waals surface area contributed by atoms with Crippen molar-refractivity contribution in [3.63, 3.8) is 0 Å². The van der Waals surface area contributed by atoms with Crippen LogP contribution in [0.4, 0.5) is 0 Å². The van der Waals surface area contributed by atoms with Crippen molar-refractivity contribution in [2.24, 2.45) is 17.2 Å². The highest BCUT2D eigenvalue weighted by atomic mass is 32.2. The molecule has 0 saturated heterocycles. The molecule has 5 nitrogen and oxygen atoms in total. The molecule has 6 heteroatoms. The van der Waals surface area contributed by atoms with Gasteiger partial charge in [-0.3, -0.25) is 0 Å². The molecule has 124 valence electrons. The summed E-state index contributed by atoms with van der Waals surface area (Å²) in [6.07, 6.45) is 0.196. The summed E-state index contributed by atoms with van der Waals surface area (Å²) in [5, 5.41) is 0. The molecule has 0 aromatic heterocycles. The lowest BCUT2D eigenvalue weighted by atomic mass is 9.77. The molecule has 0 saturated carbocycles. The van der Waals surface area contributed by atoms with Gasteiger partial charge in [0.15, 0.2) is 11.1 Å². The van der Waals surface area contributed by atoms with Crippen LogP contribution in [0.5, 0.6) is 0 Å². The summed E-state index contributed by atoms with van der Waals surface area (Å²) in [7, 11) is 0. The second-order valence-corrected chi connectivity index (χ2v) is 6.96. The molecule has 23 heavy (non-hydrogen) atoms. The highest BCUT2D eigenvalue weighted by Crippen LogP contribution is 2.29. The van der Waals surface area contributed by atoms with Crippen LogP contribution < -0.4 is 17.2 Å². The van der Waals surface area contributed by atoms with Crippen molar-refractivity contribution in [1.82, 2.24) is 0 Å². The van der Waals surface area contributed by atoms with Crippen LogP contribution in [0.3, 0.4) is 0 Å². The van der Waals surface area contributed by atoms with Gasteiger partial charge in [0.2, 0.25) is 0 Å². The van der Waals surface area contributed by atoms with E-state index in [4.69, 9.17) is 21.8 Å². The Labute approximate surface area is 139 Å². The average molecular weight is 333 g/mol. The van der Waals surface area contributed by atoms with Crippen LogP contribution in [0.1, 0.15) is 29.8 Å². The summed E-state index contributed by atoms with van der Waals surface area (Å²) in [6, 6.07) is 14.9. The molecule has 0 fully saturated rings. The second kappa shape index (κ2) is 7.33. The third-order valence-electron chi connectivity index (χ3n) is 4.14. The first-order valence-electron chi connectivity index (χ1n) is 7.37. The molecule has 0 aliphatic heterocycles. The van der Waals surface area contributed by atoms with Crippen molar-refractivity contribution in [2.45, 2.75) is 29.8 Å². The average Bonchev–Trinajstić information content (AvgIpc) is 2.55. The van der Waals surface area contributed by atoms with Crippen molar-refractivity contribution in [3.05, 3.63) is 65.2 Å². The molecule has 0 aliphatic carbocycles. The molecule has 0 bridgehead atoms. The molecular formula is C17H23N3O2S. The normalized spacial score (nSPS) is 15.4. The molecule has 0 amide bonds. The topological polar surface area (TPSA) is 115 Å². The molecule has 0 aliphatic rings. The van der Waals surface area contributed by atoms with E-state index in [-0.39, 0.29) is 5.41 Å². The van der Waals surface area contributed by atoms with Gasteiger partial charge in [0.25, 0.3) is 0 Å². The lowest BCUT2D eigenvalue weighted by Crippen LogP contribution is -2.34. The minimum absolute atomic E-state index is 0.273. The summed E-state index contributed by atoms with van der Waals surface area (Å²) in [6.45, 7) is 2.55. The summed E-state index contributed by atoms with van der Waals surface area (Å²) < 4.78 is 20.1. The van der Waals surface area contributed by atoms with Crippen LogP contribution in [0, 0.1) is 0 Å². The molecule has 2 aromatic carbocycles. The van der Waals surface area contributed by atoms with Crippen LogP contribution >= 0.6 is 0 Å². The van der Waals surface area contributed by atoms with E-state index >= 15 is 0 Å². The fourth-order valence-electron chi connectivity index (χ4n) is 2.59. The summed E-state index contributed by atoms with van der Waals surface area (Å²) in [5.41, 5.74) is 20.3. The van der Waals surface area contributed by atoms with Crippen molar-refractivity contribution in [2.75, 3.05) is 6.54 Å². The maximum Gasteiger partial charge on any atom is 0.186 e. The number of nitrogens with two attached hydrogens (primary N) is 3. The van der Waals surface area contributed by atoms with E-state index in [0.29, 0.717) is 17.9 Å². The molecule has 2 aromatic rings. The lowest BCUT2D eigenvalue weighted by Gasteiger charge is -2.29. The van der Waals surface area contributed by atoms with Gasteiger partial charge in [-0.2, -0.15) is 0 Å². The first kappa shape index (κ1) is 17.8. The van der Waals surface area contributed by atoms with E-state index in [1.165, 1.54) is 0 Å². The Morgan fingerprint density at radius 3 is 2.35 bits per heavy atom. The van der Waals surface area contributed by atoms with E-state index in [2.05, 4.69) is 6.92 Å². The van der Waals surface area contributed by atoms with Gasteiger partial charge in [0.1, 0.15) is 0 Å². The van der Waals surface area contributed by atoms with Gasteiger partial charge in [-0.25, -0.2) is 4.21 Å². The Balaban J connectivity index is 2.29. The Bertz CT molecular complexity index is 688. The van der Waals surface area contributed by atoms with Crippen molar-refractivity contribution in [1.29, 1.82) is 0 Å². The first-order chi connectivity index (χ1) is 10.9. The van der Waals surface area contributed by atoms with Gasteiger partial charge in [-0.1, -0.05) is 43.3 Å². The number of rotatable bonds is 6. The fraction of sp³-hybridized carbons (Fsp3) is 0.294. The van der Waals surface area contributed by atoms with Crippen molar-refractivity contribution >= 4 is 11.1 Å². The molecule has 0 radical (unpaired) electrons. The highest BCUT2D eigenvalue weighted by molar-refractivity contribution is 7.79. The molecule has 0 heterocycles. The van der Waals surface area contributed by atoms with Crippen LogP contribution in [0.15, 0.2) is 53.4 Å².